The minimum absolute atomic E-state index is 0.0674. The molecule has 0 spiro atoms. The highest BCUT2D eigenvalue weighted by Crippen LogP contribution is 2.35. The van der Waals surface area contributed by atoms with E-state index in [1.165, 1.54) is 16.7 Å². The highest BCUT2D eigenvalue weighted by atomic mass is 32.1. The van der Waals surface area contributed by atoms with Crippen molar-refractivity contribution in [2.75, 3.05) is 13.6 Å². The SMILES string of the molecule is Cc1cscc1-c1ccnc([C@H]2CC[C@@](C)(CCN(C)C=O)N2)c1. The van der Waals surface area contributed by atoms with E-state index in [0.29, 0.717) is 0 Å². The molecule has 0 aromatic carbocycles. The molecule has 0 aliphatic carbocycles. The molecule has 24 heavy (non-hydrogen) atoms. The summed E-state index contributed by atoms with van der Waals surface area (Å²) in [7, 11) is 1.83. The van der Waals surface area contributed by atoms with Gasteiger partial charge in [-0.3, -0.25) is 9.78 Å². The van der Waals surface area contributed by atoms with Crippen molar-refractivity contribution in [3.05, 3.63) is 40.3 Å². The first-order chi connectivity index (χ1) is 11.5. The molecule has 1 aliphatic heterocycles. The van der Waals surface area contributed by atoms with Crippen LogP contribution in [0, 0.1) is 6.92 Å². The van der Waals surface area contributed by atoms with Gasteiger partial charge in [0.1, 0.15) is 0 Å². The van der Waals surface area contributed by atoms with Crippen LogP contribution in [-0.2, 0) is 4.79 Å². The average Bonchev–Trinajstić information content (AvgIpc) is 3.19. The Kier molecular flexibility index (Phi) is 5.01. The quantitative estimate of drug-likeness (QED) is 0.812. The van der Waals surface area contributed by atoms with Crippen LogP contribution >= 0.6 is 11.3 Å². The lowest BCUT2D eigenvalue weighted by Gasteiger charge is -2.27. The predicted octanol–water partition coefficient (Wildman–Crippen LogP) is 3.78. The molecular weight excluding hydrogens is 318 g/mol. The third kappa shape index (κ3) is 3.68. The number of thiophene rings is 1. The Hall–Kier alpha value is -1.72. The summed E-state index contributed by atoms with van der Waals surface area (Å²) >= 11 is 1.74. The number of aromatic nitrogens is 1. The maximum absolute atomic E-state index is 10.8. The van der Waals surface area contributed by atoms with Crippen LogP contribution in [0.1, 0.15) is 43.5 Å². The molecule has 128 valence electrons. The molecule has 5 heteroatoms. The van der Waals surface area contributed by atoms with E-state index in [1.54, 1.807) is 16.2 Å². The van der Waals surface area contributed by atoms with Gasteiger partial charge in [0.25, 0.3) is 0 Å². The third-order valence-corrected chi connectivity index (χ3v) is 5.87. The number of hydrogen-bond donors (Lipinski definition) is 1. The molecule has 3 heterocycles. The number of carbonyl (C=O) groups is 1. The Morgan fingerprint density at radius 2 is 2.33 bits per heavy atom. The Morgan fingerprint density at radius 1 is 1.50 bits per heavy atom. The zero-order valence-electron chi connectivity index (χ0n) is 14.6. The third-order valence-electron chi connectivity index (χ3n) is 5.01. The van der Waals surface area contributed by atoms with Crippen LogP contribution in [0.5, 0.6) is 0 Å². The summed E-state index contributed by atoms with van der Waals surface area (Å²) in [5.74, 6) is 0. The second-order valence-corrected chi connectivity index (χ2v) is 7.81. The van der Waals surface area contributed by atoms with Gasteiger partial charge in [-0.15, -0.1) is 0 Å². The van der Waals surface area contributed by atoms with Gasteiger partial charge in [0, 0.05) is 31.4 Å². The number of amides is 1. The molecule has 1 amide bonds. The summed E-state index contributed by atoms with van der Waals surface area (Å²) in [6.45, 7) is 5.18. The van der Waals surface area contributed by atoms with Gasteiger partial charge in [0.05, 0.1) is 5.69 Å². The zero-order valence-corrected chi connectivity index (χ0v) is 15.4. The van der Waals surface area contributed by atoms with Crippen LogP contribution in [0.3, 0.4) is 0 Å². The van der Waals surface area contributed by atoms with Gasteiger partial charge in [0.2, 0.25) is 6.41 Å². The highest BCUT2D eigenvalue weighted by Gasteiger charge is 2.35. The van der Waals surface area contributed by atoms with Crippen molar-refractivity contribution >= 4 is 17.7 Å². The lowest BCUT2D eigenvalue weighted by Crippen LogP contribution is -2.40. The molecule has 1 saturated heterocycles. The van der Waals surface area contributed by atoms with Crippen molar-refractivity contribution in [1.82, 2.24) is 15.2 Å². The number of rotatable bonds is 6. The van der Waals surface area contributed by atoms with Crippen molar-refractivity contribution in [3.8, 4) is 11.1 Å². The molecule has 0 unspecified atom stereocenters. The highest BCUT2D eigenvalue weighted by molar-refractivity contribution is 7.08. The average molecular weight is 343 g/mol. The summed E-state index contributed by atoms with van der Waals surface area (Å²) in [5, 5.41) is 8.14. The van der Waals surface area contributed by atoms with E-state index in [4.69, 9.17) is 0 Å². The van der Waals surface area contributed by atoms with Crippen LogP contribution in [0.15, 0.2) is 29.1 Å². The van der Waals surface area contributed by atoms with Crippen molar-refractivity contribution in [2.24, 2.45) is 0 Å². The summed E-state index contributed by atoms with van der Waals surface area (Å²) in [5.41, 5.74) is 5.05. The number of hydrogen-bond acceptors (Lipinski definition) is 4. The molecule has 3 rings (SSSR count). The van der Waals surface area contributed by atoms with Crippen molar-refractivity contribution in [1.29, 1.82) is 0 Å². The molecule has 0 saturated carbocycles. The van der Waals surface area contributed by atoms with Crippen molar-refractivity contribution in [2.45, 2.75) is 44.7 Å². The van der Waals surface area contributed by atoms with E-state index in [2.05, 4.69) is 47.0 Å². The number of aryl methyl sites for hydroxylation is 1. The Bertz CT molecular complexity index is 714. The van der Waals surface area contributed by atoms with Gasteiger partial charge < -0.3 is 10.2 Å². The van der Waals surface area contributed by atoms with Gasteiger partial charge in [-0.1, -0.05) is 0 Å². The summed E-state index contributed by atoms with van der Waals surface area (Å²) < 4.78 is 0. The van der Waals surface area contributed by atoms with E-state index in [0.717, 1.165) is 37.9 Å². The normalized spacial score (nSPS) is 23.4. The van der Waals surface area contributed by atoms with Crippen LogP contribution in [-0.4, -0.2) is 35.4 Å². The first-order valence-electron chi connectivity index (χ1n) is 8.43. The Labute approximate surface area is 147 Å². The Balaban J connectivity index is 1.72. The fourth-order valence-electron chi connectivity index (χ4n) is 3.39. The summed E-state index contributed by atoms with van der Waals surface area (Å²) in [6, 6.07) is 4.59. The fraction of sp³-hybridized carbons (Fsp3) is 0.474. The molecule has 2 atom stereocenters. The van der Waals surface area contributed by atoms with Crippen molar-refractivity contribution in [3.63, 3.8) is 0 Å². The first-order valence-corrected chi connectivity index (χ1v) is 9.37. The van der Waals surface area contributed by atoms with Crippen molar-refractivity contribution < 1.29 is 4.79 Å². The molecule has 2 aromatic heterocycles. The van der Waals surface area contributed by atoms with Crippen LogP contribution in [0.2, 0.25) is 0 Å². The molecule has 1 N–H and O–H groups in total. The van der Waals surface area contributed by atoms with Gasteiger partial charge in [-0.25, -0.2) is 0 Å². The number of nitrogens with one attached hydrogen (secondary N) is 1. The topological polar surface area (TPSA) is 45.2 Å². The monoisotopic (exact) mass is 343 g/mol. The maximum atomic E-state index is 10.8. The van der Waals surface area contributed by atoms with E-state index in [9.17, 15) is 4.79 Å². The van der Waals surface area contributed by atoms with E-state index in [-0.39, 0.29) is 11.6 Å². The minimum Gasteiger partial charge on any atom is -0.348 e. The summed E-state index contributed by atoms with van der Waals surface area (Å²) in [6.07, 6.45) is 5.96. The first kappa shape index (κ1) is 17.1. The van der Waals surface area contributed by atoms with Crippen LogP contribution in [0.25, 0.3) is 11.1 Å². The zero-order chi connectivity index (χ0) is 17.2. The maximum Gasteiger partial charge on any atom is 0.209 e. The fourth-order valence-corrected chi connectivity index (χ4v) is 4.24. The smallest absolute Gasteiger partial charge is 0.209 e. The largest absolute Gasteiger partial charge is 0.348 e. The number of carbonyl (C=O) groups excluding carboxylic acids is 1. The standard InChI is InChI=1S/C19H25N3OS/c1-14-11-24-12-16(14)15-5-8-20-18(10-15)17-4-6-19(2,21-17)7-9-22(3)13-23/h5,8,10-13,17,21H,4,6-7,9H2,1-3H3/t17-,19+/m1/s1. The van der Waals surface area contributed by atoms with Gasteiger partial charge in [0.15, 0.2) is 0 Å². The Morgan fingerprint density at radius 3 is 3.04 bits per heavy atom. The number of pyridine rings is 1. The second kappa shape index (κ2) is 7.03. The molecule has 1 aliphatic rings. The lowest BCUT2D eigenvalue weighted by molar-refractivity contribution is -0.117. The van der Waals surface area contributed by atoms with E-state index < -0.39 is 0 Å². The summed E-state index contributed by atoms with van der Waals surface area (Å²) in [4.78, 5) is 17.1. The molecule has 4 nitrogen and oxygen atoms in total. The van der Waals surface area contributed by atoms with E-state index in [1.807, 2.05) is 13.2 Å². The molecule has 1 fully saturated rings. The van der Waals surface area contributed by atoms with Gasteiger partial charge >= 0.3 is 0 Å². The molecular formula is C19H25N3OS. The molecule has 2 aromatic rings. The lowest BCUT2D eigenvalue weighted by atomic mass is 9.96. The number of nitrogens with zero attached hydrogens (tertiary/aromatic N) is 2. The second-order valence-electron chi connectivity index (χ2n) is 7.07. The van der Waals surface area contributed by atoms with E-state index >= 15 is 0 Å². The molecule has 0 bridgehead atoms. The minimum atomic E-state index is 0.0674. The van der Waals surface area contributed by atoms with Gasteiger partial charge in [-0.2, -0.15) is 11.3 Å². The van der Waals surface area contributed by atoms with Gasteiger partial charge in [-0.05, 0) is 72.7 Å². The van der Waals surface area contributed by atoms with Crippen LogP contribution in [0.4, 0.5) is 0 Å². The van der Waals surface area contributed by atoms with Crippen LogP contribution < -0.4 is 5.32 Å². The molecule has 0 radical (unpaired) electrons. The predicted molar refractivity (Wildman–Crippen MR) is 99.1 cm³/mol.